The summed E-state index contributed by atoms with van der Waals surface area (Å²) in [4.78, 5) is 24.9. The zero-order valence-electron chi connectivity index (χ0n) is 17.9. The van der Waals surface area contributed by atoms with Gasteiger partial charge >= 0.3 is 0 Å². The summed E-state index contributed by atoms with van der Waals surface area (Å²) in [6.07, 6.45) is 3.00. The van der Waals surface area contributed by atoms with Gasteiger partial charge in [-0.25, -0.2) is 0 Å². The van der Waals surface area contributed by atoms with Gasteiger partial charge in [-0.15, -0.1) is 0 Å². The molecule has 0 spiro atoms. The number of benzene rings is 2. The van der Waals surface area contributed by atoms with E-state index < -0.39 is 0 Å². The van der Waals surface area contributed by atoms with Gasteiger partial charge in [0.05, 0.1) is 32.6 Å². The van der Waals surface area contributed by atoms with Gasteiger partial charge in [0, 0.05) is 12.6 Å². The second kappa shape index (κ2) is 10.9. The van der Waals surface area contributed by atoms with Crippen LogP contribution in [0, 0.1) is 5.92 Å². The summed E-state index contributed by atoms with van der Waals surface area (Å²) < 4.78 is 15.9. The first-order chi connectivity index (χ1) is 14.4. The SMILES string of the molecule is COc1cc(/C=C/C(=O)Nc2ccccc2C(=O)NCC(C)C)cc(OC)c1OC. The normalized spacial score (nSPS) is 10.7. The molecule has 0 atom stereocenters. The molecule has 0 saturated heterocycles. The van der Waals surface area contributed by atoms with Crippen LogP contribution in [0.5, 0.6) is 17.2 Å². The van der Waals surface area contributed by atoms with Crippen molar-refractivity contribution in [1.29, 1.82) is 0 Å². The second-order valence-corrected chi connectivity index (χ2v) is 6.93. The van der Waals surface area contributed by atoms with E-state index >= 15 is 0 Å². The molecule has 7 nitrogen and oxygen atoms in total. The number of ether oxygens (including phenoxy) is 3. The van der Waals surface area contributed by atoms with Crippen LogP contribution in [0.3, 0.4) is 0 Å². The van der Waals surface area contributed by atoms with E-state index in [0.717, 1.165) is 0 Å². The molecular formula is C23H28N2O5. The Bertz CT molecular complexity index is 897. The number of carbonyl (C=O) groups excluding carboxylic acids is 2. The Balaban J connectivity index is 2.17. The lowest BCUT2D eigenvalue weighted by atomic mass is 10.1. The van der Waals surface area contributed by atoms with Crippen LogP contribution in [0.4, 0.5) is 5.69 Å². The molecule has 160 valence electrons. The third-order valence-electron chi connectivity index (χ3n) is 4.21. The smallest absolute Gasteiger partial charge is 0.253 e. The van der Waals surface area contributed by atoms with Crippen molar-refractivity contribution in [3.05, 3.63) is 53.6 Å². The Kier molecular flexibility index (Phi) is 8.29. The summed E-state index contributed by atoms with van der Waals surface area (Å²) in [5.74, 6) is 1.19. The summed E-state index contributed by atoms with van der Waals surface area (Å²) in [5.41, 5.74) is 1.55. The fourth-order valence-corrected chi connectivity index (χ4v) is 2.73. The molecule has 2 N–H and O–H groups in total. The third-order valence-corrected chi connectivity index (χ3v) is 4.21. The van der Waals surface area contributed by atoms with Crippen molar-refractivity contribution in [3.8, 4) is 17.2 Å². The van der Waals surface area contributed by atoms with Gasteiger partial charge in [-0.05, 0) is 41.8 Å². The van der Waals surface area contributed by atoms with Gasteiger partial charge < -0.3 is 24.8 Å². The van der Waals surface area contributed by atoms with E-state index in [1.807, 2.05) is 13.8 Å². The van der Waals surface area contributed by atoms with Crippen LogP contribution in [-0.2, 0) is 4.79 Å². The number of carbonyl (C=O) groups is 2. The lowest BCUT2D eigenvalue weighted by Gasteiger charge is -2.13. The second-order valence-electron chi connectivity index (χ2n) is 6.93. The molecule has 0 fully saturated rings. The summed E-state index contributed by atoms with van der Waals surface area (Å²) in [5, 5.41) is 5.61. The maximum atomic E-state index is 12.4. The molecular weight excluding hydrogens is 384 g/mol. The molecule has 0 aliphatic rings. The number of hydrogen-bond acceptors (Lipinski definition) is 5. The molecule has 0 bridgehead atoms. The van der Waals surface area contributed by atoms with E-state index in [9.17, 15) is 9.59 Å². The third kappa shape index (κ3) is 6.01. The lowest BCUT2D eigenvalue weighted by molar-refractivity contribution is -0.111. The van der Waals surface area contributed by atoms with Crippen molar-refractivity contribution in [2.24, 2.45) is 5.92 Å². The van der Waals surface area contributed by atoms with Gasteiger partial charge in [-0.2, -0.15) is 0 Å². The van der Waals surface area contributed by atoms with Crippen molar-refractivity contribution >= 4 is 23.6 Å². The number of hydrogen-bond donors (Lipinski definition) is 2. The summed E-state index contributed by atoms with van der Waals surface area (Å²) in [7, 11) is 4.58. The number of nitrogens with one attached hydrogen (secondary N) is 2. The van der Waals surface area contributed by atoms with E-state index in [-0.39, 0.29) is 11.8 Å². The Labute approximate surface area is 177 Å². The van der Waals surface area contributed by atoms with Crippen molar-refractivity contribution in [2.45, 2.75) is 13.8 Å². The summed E-state index contributed by atoms with van der Waals surface area (Å²) in [6, 6.07) is 10.4. The van der Waals surface area contributed by atoms with Crippen LogP contribution in [0.15, 0.2) is 42.5 Å². The number of para-hydroxylation sites is 1. The number of methoxy groups -OCH3 is 3. The molecule has 2 rings (SSSR count). The predicted molar refractivity (Wildman–Crippen MR) is 117 cm³/mol. The molecule has 0 radical (unpaired) electrons. The van der Waals surface area contributed by atoms with Crippen molar-refractivity contribution in [1.82, 2.24) is 5.32 Å². The standard InChI is InChI=1S/C23H28N2O5/c1-15(2)14-24-23(27)17-8-6-7-9-18(17)25-21(26)11-10-16-12-19(28-3)22(30-5)20(13-16)29-4/h6-13,15H,14H2,1-5H3,(H,24,27)(H,25,26)/b11-10+. The van der Waals surface area contributed by atoms with E-state index in [0.29, 0.717) is 46.5 Å². The average molecular weight is 412 g/mol. The largest absolute Gasteiger partial charge is 0.493 e. The van der Waals surface area contributed by atoms with E-state index in [4.69, 9.17) is 14.2 Å². The Morgan fingerprint density at radius 3 is 2.20 bits per heavy atom. The van der Waals surface area contributed by atoms with Crippen LogP contribution in [0.1, 0.15) is 29.8 Å². The van der Waals surface area contributed by atoms with Crippen molar-refractivity contribution < 1.29 is 23.8 Å². The molecule has 0 saturated carbocycles. The molecule has 0 unspecified atom stereocenters. The summed E-state index contributed by atoms with van der Waals surface area (Å²) >= 11 is 0. The minimum absolute atomic E-state index is 0.229. The summed E-state index contributed by atoms with van der Waals surface area (Å²) in [6.45, 7) is 4.59. The number of anilines is 1. The lowest BCUT2D eigenvalue weighted by Crippen LogP contribution is -2.28. The molecule has 7 heteroatoms. The monoisotopic (exact) mass is 412 g/mol. The van der Waals surface area contributed by atoms with Gasteiger partial charge in [0.1, 0.15) is 0 Å². The zero-order chi connectivity index (χ0) is 22.1. The highest BCUT2D eigenvalue weighted by molar-refractivity contribution is 6.07. The van der Waals surface area contributed by atoms with Crippen LogP contribution in [0.2, 0.25) is 0 Å². The Morgan fingerprint density at radius 1 is 1.00 bits per heavy atom. The number of rotatable bonds is 9. The van der Waals surface area contributed by atoms with Gasteiger partial charge in [0.2, 0.25) is 11.7 Å². The van der Waals surface area contributed by atoms with Crippen LogP contribution < -0.4 is 24.8 Å². The van der Waals surface area contributed by atoms with E-state index in [1.165, 1.54) is 27.4 Å². The molecule has 2 amide bonds. The fourth-order valence-electron chi connectivity index (χ4n) is 2.73. The molecule has 2 aromatic rings. The maximum Gasteiger partial charge on any atom is 0.253 e. The Hall–Kier alpha value is -3.48. The van der Waals surface area contributed by atoms with Gasteiger partial charge in [-0.1, -0.05) is 26.0 Å². The predicted octanol–water partition coefficient (Wildman–Crippen LogP) is 3.75. The molecule has 0 aliphatic carbocycles. The van der Waals surface area contributed by atoms with Crippen LogP contribution in [0.25, 0.3) is 6.08 Å². The van der Waals surface area contributed by atoms with Crippen LogP contribution in [-0.4, -0.2) is 39.7 Å². The Morgan fingerprint density at radius 2 is 1.63 bits per heavy atom. The van der Waals surface area contributed by atoms with Gasteiger partial charge in [0.15, 0.2) is 11.5 Å². The molecule has 0 aliphatic heterocycles. The van der Waals surface area contributed by atoms with Crippen molar-refractivity contribution in [3.63, 3.8) is 0 Å². The highest BCUT2D eigenvalue weighted by Crippen LogP contribution is 2.38. The minimum Gasteiger partial charge on any atom is -0.493 e. The van der Waals surface area contributed by atoms with E-state index in [1.54, 1.807) is 42.5 Å². The first kappa shape index (κ1) is 22.8. The first-order valence-electron chi connectivity index (χ1n) is 9.55. The quantitative estimate of drug-likeness (QED) is 0.613. The highest BCUT2D eigenvalue weighted by Gasteiger charge is 2.14. The average Bonchev–Trinajstić information content (AvgIpc) is 2.75. The fraction of sp³-hybridized carbons (Fsp3) is 0.304. The van der Waals surface area contributed by atoms with Gasteiger partial charge in [0.25, 0.3) is 5.91 Å². The maximum absolute atomic E-state index is 12.4. The molecule has 0 aromatic heterocycles. The topological polar surface area (TPSA) is 85.9 Å². The zero-order valence-corrected chi connectivity index (χ0v) is 17.9. The highest BCUT2D eigenvalue weighted by atomic mass is 16.5. The molecule has 2 aromatic carbocycles. The van der Waals surface area contributed by atoms with Crippen LogP contribution >= 0.6 is 0 Å². The van der Waals surface area contributed by atoms with Crippen molar-refractivity contribution in [2.75, 3.05) is 33.2 Å². The molecule has 0 heterocycles. The number of amides is 2. The minimum atomic E-state index is -0.368. The first-order valence-corrected chi connectivity index (χ1v) is 9.55. The molecule has 30 heavy (non-hydrogen) atoms. The van der Waals surface area contributed by atoms with E-state index in [2.05, 4.69) is 10.6 Å². The van der Waals surface area contributed by atoms with Gasteiger partial charge in [-0.3, -0.25) is 9.59 Å².